The molecule has 0 amide bonds. The molecular weight excluding hydrogens is 380 g/mol. The molecule has 8 heteroatoms. The Kier molecular flexibility index (Phi) is 5.33. The lowest BCUT2D eigenvalue weighted by Crippen LogP contribution is -2.27. The van der Waals surface area contributed by atoms with E-state index in [1.165, 1.54) is 13.0 Å². The molecule has 1 aliphatic heterocycles. The summed E-state index contributed by atoms with van der Waals surface area (Å²) in [6, 6.07) is 10.9. The molecule has 146 valence electrons. The van der Waals surface area contributed by atoms with Crippen molar-refractivity contribution in [2.24, 2.45) is 4.99 Å². The maximum absolute atomic E-state index is 12.3. The summed E-state index contributed by atoms with van der Waals surface area (Å²) in [4.78, 5) is 28.8. The van der Waals surface area contributed by atoms with Crippen molar-refractivity contribution in [1.29, 1.82) is 0 Å². The molecule has 0 saturated heterocycles. The molecule has 28 heavy (non-hydrogen) atoms. The zero-order valence-electron chi connectivity index (χ0n) is 15.7. The SMILES string of the molecule is Cc1ccc(C)c(C(=O)COC(=O)C(C)N=C2NS(=O)(=O)c3ccccc32)c1. The highest BCUT2D eigenvalue weighted by Crippen LogP contribution is 2.22. The topological polar surface area (TPSA) is 102 Å². The number of rotatable bonds is 5. The van der Waals surface area contributed by atoms with Gasteiger partial charge in [0.15, 0.2) is 6.61 Å². The van der Waals surface area contributed by atoms with Crippen LogP contribution in [0.5, 0.6) is 0 Å². The summed E-state index contributed by atoms with van der Waals surface area (Å²) < 4.78 is 31.6. The normalized spacial score (nSPS) is 16.9. The molecule has 3 rings (SSSR count). The number of esters is 1. The van der Waals surface area contributed by atoms with Gasteiger partial charge in [0.25, 0.3) is 10.0 Å². The van der Waals surface area contributed by atoms with Gasteiger partial charge in [-0.15, -0.1) is 0 Å². The van der Waals surface area contributed by atoms with E-state index in [0.29, 0.717) is 11.1 Å². The Morgan fingerprint density at radius 1 is 1.14 bits per heavy atom. The molecule has 7 nitrogen and oxygen atoms in total. The first-order valence-electron chi connectivity index (χ1n) is 8.66. The third-order valence-corrected chi connectivity index (χ3v) is 5.76. The predicted molar refractivity (Wildman–Crippen MR) is 104 cm³/mol. The minimum absolute atomic E-state index is 0.0842. The van der Waals surface area contributed by atoms with E-state index in [1.807, 2.05) is 26.0 Å². The Labute approximate surface area is 163 Å². The number of aliphatic imine (C=N–C) groups is 1. The van der Waals surface area contributed by atoms with Gasteiger partial charge in [-0.1, -0.05) is 29.8 Å². The van der Waals surface area contributed by atoms with Gasteiger partial charge in [0.05, 0.1) is 4.90 Å². The van der Waals surface area contributed by atoms with Crippen LogP contribution in [0.15, 0.2) is 52.4 Å². The fraction of sp³-hybridized carbons (Fsp3) is 0.250. The van der Waals surface area contributed by atoms with Crippen molar-refractivity contribution in [1.82, 2.24) is 4.72 Å². The molecule has 1 atom stereocenters. The number of hydrogen-bond acceptors (Lipinski definition) is 6. The third-order valence-electron chi connectivity index (χ3n) is 4.37. The van der Waals surface area contributed by atoms with Crippen LogP contribution in [0.25, 0.3) is 0 Å². The molecule has 1 N–H and O–H groups in total. The fourth-order valence-electron chi connectivity index (χ4n) is 2.85. The predicted octanol–water partition coefficient (Wildman–Crippen LogP) is 2.16. The second-order valence-electron chi connectivity index (χ2n) is 6.60. The Morgan fingerprint density at radius 2 is 1.86 bits per heavy atom. The molecule has 0 radical (unpaired) electrons. The molecule has 0 spiro atoms. The lowest BCUT2D eigenvalue weighted by molar-refractivity contribution is -0.143. The number of benzene rings is 2. The van der Waals surface area contributed by atoms with E-state index in [0.717, 1.165) is 11.1 Å². The van der Waals surface area contributed by atoms with Crippen molar-refractivity contribution in [3.8, 4) is 0 Å². The molecule has 0 aromatic heterocycles. The average Bonchev–Trinajstić information content (AvgIpc) is 2.92. The first-order chi connectivity index (χ1) is 13.2. The van der Waals surface area contributed by atoms with Crippen LogP contribution >= 0.6 is 0 Å². The number of sulfonamides is 1. The highest BCUT2D eigenvalue weighted by molar-refractivity contribution is 7.90. The summed E-state index contributed by atoms with van der Waals surface area (Å²) in [6.45, 7) is 4.77. The molecule has 1 heterocycles. The van der Waals surface area contributed by atoms with Gasteiger partial charge < -0.3 is 4.74 Å². The Balaban J connectivity index is 1.70. The Hall–Kier alpha value is -3.00. The zero-order valence-corrected chi connectivity index (χ0v) is 16.5. The number of aryl methyl sites for hydroxylation is 2. The van der Waals surface area contributed by atoms with Crippen LogP contribution in [-0.2, 0) is 19.6 Å². The van der Waals surface area contributed by atoms with E-state index in [4.69, 9.17) is 4.74 Å². The fourth-order valence-corrected chi connectivity index (χ4v) is 4.09. The molecule has 2 aromatic carbocycles. The van der Waals surface area contributed by atoms with Crippen LogP contribution in [-0.4, -0.2) is 38.7 Å². The molecule has 1 unspecified atom stereocenters. The van der Waals surface area contributed by atoms with Crippen LogP contribution in [0.2, 0.25) is 0 Å². The second kappa shape index (κ2) is 7.55. The first-order valence-corrected chi connectivity index (χ1v) is 10.1. The van der Waals surface area contributed by atoms with Gasteiger partial charge in [-0.3, -0.25) is 14.5 Å². The molecule has 1 aliphatic rings. The van der Waals surface area contributed by atoms with E-state index in [1.54, 1.807) is 24.3 Å². The average molecular weight is 400 g/mol. The van der Waals surface area contributed by atoms with Crippen molar-refractivity contribution in [3.63, 3.8) is 0 Å². The summed E-state index contributed by atoms with van der Waals surface area (Å²) >= 11 is 0. The second-order valence-corrected chi connectivity index (χ2v) is 8.26. The van der Waals surface area contributed by atoms with Crippen LogP contribution in [0.4, 0.5) is 0 Å². The van der Waals surface area contributed by atoms with E-state index >= 15 is 0 Å². The minimum atomic E-state index is -3.68. The number of carbonyl (C=O) groups excluding carboxylic acids is 2. The number of nitrogens with one attached hydrogen (secondary N) is 1. The van der Waals surface area contributed by atoms with Gasteiger partial charge in [-0.2, -0.15) is 0 Å². The molecular formula is C20H20N2O5S. The number of hydrogen-bond donors (Lipinski definition) is 1. The number of Topliss-reactive ketones (excluding diaryl/α,β-unsaturated/α-hetero) is 1. The minimum Gasteiger partial charge on any atom is -0.456 e. The van der Waals surface area contributed by atoms with Gasteiger partial charge in [0.1, 0.15) is 11.9 Å². The summed E-state index contributed by atoms with van der Waals surface area (Å²) in [5.74, 6) is -0.933. The van der Waals surface area contributed by atoms with Crippen molar-refractivity contribution in [2.45, 2.75) is 31.7 Å². The van der Waals surface area contributed by atoms with Gasteiger partial charge in [0.2, 0.25) is 5.78 Å². The number of ether oxygens (including phenoxy) is 1. The largest absolute Gasteiger partial charge is 0.456 e. The number of fused-ring (bicyclic) bond motifs is 1. The van der Waals surface area contributed by atoms with Gasteiger partial charge in [-0.05, 0) is 44.5 Å². The number of ketones is 1. The standard InChI is InChI=1S/C20H20N2O5S/c1-12-8-9-13(2)16(10-12)17(23)11-27-20(24)14(3)21-19-15-6-4-5-7-18(15)28(25,26)22-19/h4-10,14H,11H2,1-3H3,(H,21,22). The highest BCUT2D eigenvalue weighted by atomic mass is 32.2. The summed E-state index contributed by atoms with van der Waals surface area (Å²) in [7, 11) is -3.68. The summed E-state index contributed by atoms with van der Waals surface area (Å²) in [5.41, 5.74) is 2.64. The molecule has 0 fully saturated rings. The van der Waals surface area contributed by atoms with Crippen molar-refractivity contribution >= 4 is 27.6 Å². The van der Waals surface area contributed by atoms with Crippen LogP contribution in [0.3, 0.4) is 0 Å². The quantitative estimate of drug-likeness (QED) is 0.612. The maximum atomic E-state index is 12.3. The first kappa shape index (κ1) is 19.8. The lowest BCUT2D eigenvalue weighted by Gasteiger charge is -2.10. The van der Waals surface area contributed by atoms with Crippen molar-refractivity contribution in [2.75, 3.05) is 6.61 Å². The highest BCUT2D eigenvalue weighted by Gasteiger charge is 2.31. The van der Waals surface area contributed by atoms with Crippen LogP contribution in [0.1, 0.15) is 34.0 Å². The molecule has 2 aromatic rings. The van der Waals surface area contributed by atoms with Gasteiger partial charge >= 0.3 is 5.97 Å². The van der Waals surface area contributed by atoms with Crippen LogP contribution < -0.4 is 4.72 Å². The van der Waals surface area contributed by atoms with Gasteiger partial charge in [0, 0.05) is 11.1 Å². The van der Waals surface area contributed by atoms with Crippen molar-refractivity contribution in [3.05, 3.63) is 64.7 Å². The lowest BCUT2D eigenvalue weighted by atomic mass is 10.0. The van der Waals surface area contributed by atoms with E-state index in [2.05, 4.69) is 9.71 Å². The Morgan fingerprint density at radius 3 is 2.61 bits per heavy atom. The van der Waals surface area contributed by atoms with E-state index in [9.17, 15) is 18.0 Å². The summed E-state index contributed by atoms with van der Waals surface area (Å²) in [5, 5.41) is 0. The number of carbonyl (C=O) groups is 2. The number of amidine groups is 1. The molecule has 0 bridgehead atoms. The van der Waals surface area contributed by atoms with E-state index < -0.39 is 28.6 Å². The molecule has 0 saturated carbocycles. The monoisotopic (exact) mass is 400 g/mol. The van der Waals surface area contributed by atoms with E-state index in [-0.39, 0.29) is 16.5 Å². The smallest absolute Gasteiger partial charge is 0.331 e. The Bertz CT molecular complexity index is 1090. The van der Waals surface area contributed by atoms with Crippen LogP contribution in [0, 0.1) is 13.8 Å². The maximum Gasteiger partial charge on any atom is 0.331 e. The third kappa shape index (κ3) is 3.96. The van der Waals surface area contributed by atoms with Gasteiger partial charge in [-0.25, -0.2) is 13.2 Å². The van der Waals surface area contributed by atoms with Crippen molar-refractivity contribution < 1.29 is 22.7 Å². The zero-order chi connectivity index (χ0) is 20.5. The number of nitrogens with zero attached hydrogens (tertiary/aromatic N) is 1. The summed E-state index contributed by atoms with van der Waals surface area (Å²) in [6.07, 6.45) is 0. The molecule has 0 aliphatic carbocycles.